The van der Waals surface area contributed by atoms with Gasteiger partial charge < -0.3 is 4.90 Å². The Morgan fingerprint density at radius 2 is 1.64 bits per heavy atom. The lowest BCUT2D eigenvalue weighted by molar-refractivity contribution is 0.248. The van der Waals surface area contributed by atoms with E-state index in [2.05, 4.69) is 27.0 Å². The van der Waals surface area contributed by atoms with E-state index in [1.165, 1.54) is 57.4 Å². The van der Waals surface area contributed by atoms with Crippen LogP contribution in [-0.2, 0) is 13.1 Å². The van der Waals surface area contributed by atoms with Gasteiger partial charge in [0.15, 0.2) is 0 Å². The quantitative estimate of drug-likeness (QED) is 0.667. The van der Waals surface area contributed by atoms with Crippen LogP contribution in [0.15, 0.2) is 42.7 Å². The van der Waals surface area contributed by atoms with Crippen molar-refractivity contribution in [3.05, 3.63) is 53.3 Å². The zero-order chi connectivity index (χ0) is 17.3. The van der Waals surface area contributed by atoms with E-state index in [1.54, 1.807) is 0 Å². The fourth-order valence-electron chi connectivity index (χ4n) is 3.47. The predicted octanol–water partition coefficient (Wildman–Crippen LogP) is 3.91. The number of aromatic nitrogens is 2. The van der Waals surface area contributed by atoms with E-state index in [0.29, 0.717) is 0 Å². The Labute approximate surface area is 156 Å². The summed E-state index contributed by atoms with van der Waals surface area (Å²) in [5.74, 6) is 0. The second kappa shape index (κ2) is 9.95. The summed E-state index contributed by atoms with van der Waals surface area (Å²) < 4.78 is 2.03. The van der Waals surface area contributed by atoms with Gasteiger partial charge in [0.05, 0.1) is 0 Å². The van der Waals surface area contributed by atoms with E-state index in [1.807, 2.05) is 35.3 Å². The average Bonchev–Trinajstić information content (AvgIpc) is 3.04. The smallest absolute Gasteiger partial charge is 0.0489 e. The van der Waals surface area contributed by atoms with Gasteiger partial charge in [0.1, 0.15) is 0 Å². The lowest BCUT2D eigenvalue weighted by atomic mass is 10.2. The monoisotopic (exact) mass is 360 g/mol. The van der Waals surface area contributed by atoms with Gasteiger partial charge in [-0.3, -0.25) is 9.58 Å². The van der Waals surface area contributed by atoms with Crippen molar-refractivity contribution in [2.45, 2.75) is 38.8 Å². The first-order valence-electron chi connectivity index (χ1n) is 9.46. The first-order chi connectivity index (χ1) is 12.3. The summed E-state index contributed by atoms with van der Waals surface area (Å²) in [4.78, 5) is 5.21. The normalized spacial score (nSPS) is 16.8. The van der Waals surface area contributed by atoms with Crippen LogP contribution in [0.2, 0.25) is 5.02 Å². The van der Waals surface area contributed by atoms with Gasteiger partial charge >= 0.3 is 0 Å². The number of rotatable bonds is 8. The third-order valence-corrected chi connectivity index (χ3v) is 5.17. The summed E-state index contributed by atoms with van der Waals surface area (Å²) in [6.45, 7) is 8.09. The van der Waals surface area contributed by atoms with Crippen molar-refractivity contribution in [3.8, 4) is 0 Å². The van der Waals surface area contributed by atoms with Crippen molar-refractivity contribution in [3.63, 3.8) is 0 Å². The number of aryl methyl sites for hydroxylation is 1. The largest absolute Gasteiger partial charge is 0.302 e. The molecule has 0 saturated carbocycles. The van der Waals surface area contributed by atoms with Crippen molar-refractivity contribution in [2.75, 3.05) is 32.7 Å². The molecule has 0 radical (unpaired) electrons. The lowest BCUT2D eigenvalue weighted by Gasteiger charge is -2.22. The van der Waals surface area contributed by atoms with E-state index in [-0.39, 0.29) is 0 Å². The van der Waals surface area contributed by atoms with Crippen LogP contribution < -0.4 is 0 Å². The summed E-state index contributed by atoms with van der Waals surface area (Å²) in [5.41, 5.74) is 1.36. The topological polar surface area (TPSA) is 24.3 Å². The van der Waals surface area contributed by atoms with E-state index in [9.17, 15) is 0 Å². The van der Waals surface area contributed by atoms with Gasteiger partial charge in [0, 0.05) is 43.6 Å². The molecule has 0 aliphatic carbocycles. The first-order valence-corrected chi connectivity index (χ1v) is 9.84. The fraction of sp³-hybridized carbons (Fsp3) is 0.550. The number of hydrogen-bond donors (Lipinski definition) is 0. The molecule has 4 nitrogen and oxygen atoms in total. The van der Waals surface area contributed by atoms with E-state index >= 15 is 0 Å². The van der Waals surface area contributed by atoms with Crippen LogP contribution in [0.25, 0.3) is 0 Å². The van der Waals surface area contributed by atoms with Crippen molar-refractivity contribution in [1.82, 2.24) is 19.6 Å². The molecule has 0 spiro atoms. The molecule has 1 saturated heterocycles. The van der Waals surface area contributed by atoms with Crippen LogP contribution in [0.3, 0.4) is 0 Å². The number of benzene rings is 1. The Morgan fingerprint density at radius 1 is 0.880 bits per heavy atom. The van der Waals surface area contributed by atoms with Crippen LogP contribution in [0.4, 0.5) is 0 Å². The van der Waals surface area contributed by atoms with Crippen molar-refractivity contribution < 1.29 is 0 Å². The Bertz CT molecular complexity index is 597. The maximum atomic E-state index is 5.97. The number of halogens is 1. The summed E-state index contributed by atoms with van der Waals surface area (Å²) in [6.07, 6.45) is 8.96. The molecule has 2 aromatic rings. The molecule has 3 rings (SSSR count). The molecule has 1 aromatic heterocycles. The minimum Gasteiger partial charge on any atom is -0.302 e. The highest BCUT2D eigenvalue weighted by Gasteiger charge is 2.14. The van der Waals surface area contributed by atoms with Gasteiger partial charge in [-0.15, -0.1) is 0 Å². The molecule has 1 aromatic carbocycles. The van der Waals surface area contributed by atoms with Gasteiger partial charge in [-0.05, 0) is 62.7 Å². The van der Waals surface area contributed by atoms with Crippen LogP contribution in [0, 0.1) is 0 Å². The molecule has 5 heteroatoms. The Hall–Kier alpha value is -1.36. The predicted molar refractivity (Wildman–Crippen MR) is 104 cm³/mol. The highest BCUT2D eigenvalue weighted by atomic mass is 35.5. The molecule has 1 fully saturated rings. The first kappa shape index (κ1) is 18.4. The number of nitrogens with zero attached hydrogens (tertiary/aromatic N) is 4. The molecular formula is C20H29ClN4. The van der Waals surface area contributed by atoms with Gasteiger partial charge in [-0.2, -0.15) is 5.10 Å². The molecule has 0 unspecified atom stereocenters. The van der Waals surface area contributed by atoms with E-state index in [0.717, 1.165) is 24.7 Å². The van der Waals surface area contributed by atoms with Gasteiger partial charge in [0.2, 0.25) is 0 Å². The van der Waals surface area contributed by atoms with Gasteiger partial charge in [-0.25, -0.2) is 0 Å². The summed E-state index contributed by atoms with van der Waals surface area (Å²) in [6, 6.07) is 10.3. The lowest BCUT2D eigenvalue weighted by Crippen LogP contribution is -2.31. The minimum absolute atomic E-state index is 0.818. The van der Waals surface area contributed by atoms with Crippen LogP contribution in [0.5, 0.6) is 0 Å². The summed E-state index contributed by atoms with van der Waals surface area (Å²) in [5, 5.41) is 5.07. The molecule has 25 heavy (non-hydrogen) atoms. The molecule has 0 atom stereocenters. The Morgan fingerprint density at radius 3 is 2.44 bits per heavy atom. The molecule has 136 valence electrons. The molecule has 0 bridgehead atoms. The third kappa shape index (κ3) is 6.46. The molecule has 2 heterocycles. The SMILES string of the molecule is Clc1ccc(CN2CCCN(CCCCCn3cccn3)CC2)cc1. The van der Waals surface area contributed by atoms with Gasteiger partial charge in [-0.1, -0.05) is 30.2 Å². The van der Waals surface area contributed by atoms with Crippen LogP contribution in [0.1, 0.15) is 31.2 Å². The molecule has 0 amide bonds. The van der Waals surface area contributed by atoms with Crippen molar-refractivity contribution in [1.29, 1.82) is 0 Å². The highest BCUT2D eigenvalue weighted by molar-refractivity contribution is 6.30. The fourth-order valence-corrected chi connectivity index (χ4v) is 3.60. The third-order valence-electron chi connectivity index (χ3n) is 4.92. The summed E-state index contributed by atoms with van der Waals surface area (Å²) >= 11 is 5.97. The Balaban J connectivity index is 1.31. The summed E-state index contributed by atoms with van der Waals surface area (Å²) in [7, 11) is 0. The zero-order valence-corrected chi connectivity index (χ0v) is 15.7. The van der Waals surface area contributed by atoms with Crippen LogP contribution in [-0.4, -0.2) is 52.3 Å². The highest BCUT2D eigenvalue weighted by Crippen LogP contribution is 2.13. The molecule has 0 N–H and O–H groups in total. The second-order valence-corrected chi connectivity index (χ2v) is 7.36. The standard InChI is InChI=1S/C20H29ClN4/c21-20-8-6-19(7-9-20)18-24-13-5-12-23(16-17-24)11-2-1-3-14-25-15-4-10-22-25/h4,6-10,15H,1-3,5,11-14,16-18H2. The van der Waals surface area contributed by atoms with Crippen LogP contribution >= 0.6 is 11.6 Å². The van der Waals surface area contributed by atoms with Crippen molar-refractivity contribution in [2.24, 2.45) is 0 Å². The number of unbranched alkanes of at least 4 members (excludes halogenated alkanes) is 2. The molecule has 1 aliphatic heterocycles. The van der Waals surface area contributed by atoms with Crippen molar-refractivity contribution >= 4 is 11.6 Å². The maximum absolute atomic E-state index is 5.97. The Kier molecular flexibility index (Phi) is 7.34. The average molecular weight is 361 g/mol. The molecular weight excluding hydrogens is 332 g/mol. The van der Waals surface area contributed by atoms with E-state index in [4.69, 9.17) is 11.6 Å². The zero-order valence-electron chi connectivity index (χ0n) is 15.0. The number of hydrogen-bond acceptors (Lipinski definition) is 3. The maximum Gasteiger partial charge on any atom is 0.0489 e. The molecule has 1 aliphatic rings. The minimum atomic E-state index is 0.818. The van der Waals surface area contributed by atoms with E-state index < -0.39 is 0 Å². The second-order valence-electron chi connectivity index (χ2n) is 6.93. The van der Waals surface area contributed by atoms with Gasteiger partial charge in [0.25, 0.3) is 0 Å².